The Balaban J connectivity index is 1.86. The van der Waals surface area contributed by atoms with E-state index < -0.39 is 10.8 Å². The standard InChI is InChI=1S/C22H16ClN3O4/c1-13-3-4-16(9-14(13)2)25-22(27)15(12-24)10-18-6-8-21(30-18)19-11-17(26(28)29)5-7-20(19)23/h3-11H,1-2H3,(H,25,27). The van der Waals surface area contributed by atoms with E-state index in [1.54, 1.807) is 18.2 Å². The van der Waals surface area contributed by atoms with Crippen LogP contribution in [0.3, 0.4) is 0 Å². The van der Waals surface area contributed by atoms with E-state index in [-0.39, 0.29) is 27.8 Å². The molecule has 0 bridgehead atoms. The molecule has 3 aromatic rings. The molecule has 1 aromatic heterocycles. The Morgan fingerprint density at radius 3 is 2.60 bits per heavy atom. The molecule has 0 atom stereocenters. The fraction of sp³-hybridized carbons (Fsp3) is 0.0909. The Hall–Kier alpha value is -3.89. The summed E-state index contributed by atoms with van der Waals surface area (Å²) in [5, 5.41) is 23.3. The van der Waals surface area contributed by atoms with Gasteiger partial charge in [-0.05, 0) is 55.3 Å². The van der Waals surface area contributed by atoms with Gasteiger partial charge >= 0.3 is 0 Å². The first kappa shape index (κ1) is 20.8. The fourth-order valence-corrected chi connectivity index (χ4v) is 2.91. The van der Waals surface area contributed by atoms with Crippen molar-refractivity contribution in [1.82, 2.24) is 0 Å². The zero-order chi connectivity index (χ0) is 21.8. The van der Waals surface area contributed by atoms with E-state index in [2.05, 4.69) is 5.32 Å². The number of benzene rings is 2. The van der Waals surface area contributed by atoms with Crippen LogP contribution in [-0.4, -0.2) is 10.8 Å². The van der Waals surface area contributed by atoms with Crippen molar-refractivity contribution in [2.45, 2.75) is 13.8 Å². The van der Waals surface area contributed by atoms with Crippen LogP contribution in [0.1, 0.15) is 16.9 Å². The number of carbonyl (C=O) groups is 1. The number of nitrogens with zero attached hydrogens (tertiary/aromatic N) is 2. The predicted molar refractivity (Wildman–Crippen MR) is 114 cm³/mol. The van der Waals surface area contributed by atoms with Crippen LogP contribution >= 0.6 is 11.6 Å². The van der Waals surface area contributed by atoms with E-state index in [0.717, 1.165) is 11.1 Å². The molecule has 2 aromatic carbocycles. The van der Waals surface area contributed by atoms with Crippen molar-refractivity contribution in [2.24, 2.45) is 0 Å². The Bertz CT molecular complexity index is 1220. The molecule has 0 saturated heterocycles. The molecule has 0 aliphatic heterocycles. The number of hydrogen-bond donors (Lipinski definition) is 1. The highest BCUT2D eigenvalue weighted by atomic mass is 35.5. The number of amides is 1. The molecule has 0 spiro atoms. The summed E-state index contributed by atoms with van der Waals surface area (Å²) < 4.78 is 5.64. The number of nitro benzene ring substituents is 1. The molecule has 0 fully saturated rings. The van der Waals surface area contributed by atoms with Gasteiger partial charge in [-0.2, -0.15) is 5.26 Å². The largest absolute Gasteiger partial charge is 0.457 e. The molecule has 1 N–H and O–H groups in total. The molecular formula is C22H16ClN3O4. The monoisotopic (exact) mass is 421 g/mol. The topological polar surface area (TPSA) is 109 Å². The van der Waals surface area contributed by atoms with E-state index in [9.17, 15) is 20.2 Å². The molecule has 0 saturated carbocycles. The summed E-state index contributed by atoms with van der Waals surface area (Å²) in [7, 11) is 0. The van der Waals surface area contributed by atoms with Crippen molar-refractivity contribution in [2.75, 3.05) is 5.32 Å². The van der Waals surface area contributed by atoms with Gasteiger partial charge in [0.1, 0.15) is 23.2 Å². The zero-order valence-electron chi connectivity index (χ0n) is 16.1. The number of aryl methyl sites for hydroxylation is 2. The van der Waals surface area contributed by atoms with Gasteiger partial charge in [0.2, 0.25) is 0 Å². The van der Waals surface area contributed by atoms with E-state index >= 15 is 0 Å². The zero-order valence-corrected chi connectivity index (χ0v) is 16.9. The van der Waals surface area contributed by atoms with Gasteiger partial charge in [-0.25, -0.2) is 0 Å². The number of anilines is 1. The molecule has 1 heterocycles. The molecule has 30 heavy (non-hydrogen) atoms. The maximum atomic E-state index is 12.5. The van der Waals surface area contributed by atoms with E-state index in [0.29, 0.717) is 11.3 Å². The van der Waals surface area contributed by atoms with Gasteiger partial charge in [-0.15, -0.1) is 0 Å². The quantitative estimate of drug-likeness (QED) is 0.247. The highest BCUT2D eigenvalue weighted by molar-refractivity contribution is 6.33. The second-order valence-electron chi connectivity index (χ2n) is 6.55. The van der Waals surface area contributed by atoms with Crippen LogP contribution in [0, 0.1) is 35.3 Å². The van der Waals surface area contributed by atoms with Gasteiger partial charge in [0.25, 0.3) is 11.6 Å². The molecular weight excluding hydrogens is 406 g/mol. The van der Waals surface area contributed by atoms with Crippen molar-refractivity contribution < 1.29 is 14.1 Å². The Morgan fingerprint density at radius 1 is 1.17 bits per heavy atom. The van der Waals surface area contributed by atoms with Gasteiger partial charge in [0.15, 0.2) is 0 Å². The summed E-state index contributed by atoms with van der Waals surface area (Å²) in [6.45, 7) is 3.89. The van der Waals surface area contributed by atoms with Crippen molar-refractivity contribution in [3.8, 4) is 17.4 Å². The molecule has 7 nitrogen and oxygen atoms in total. The molecule has 0 aliphatic carbocycles. The first-order valence-corrected chi connectivity index (χ1v) is 9.21. The number of furan rings is 1. The maximum Gasteiger partial charge on any atom is 0.270 e. The fourth-order valence-electron chi connectivity index (χ4n) is 2.70. The van der Waals surface area contributed by atoms with Crippen molar-refractivity contribution in [3.05, 3.63) is 86.1 Å². The van der Waals surface area contributed by atoms with E-state index in [4.69, 9.17) is 16.0 Å². The smallest absolute Gasteiger partial charge is 0.270 e. The summed E-state index contributed by atoms with van der Waals surface area (Å²) in [5.41, 5.74) is 2.73. The molecule has 150 valence electrons. The minimum atomic E-state index is -0.577. The Labute approximate surface area is 177 Å². The molecule has 0 unspecified atom stereocenters. The van der Waals surface area contributed by atoms with Gasteiger partial charge in [0, 0.05) is 29.5 Å². The summed E-state index contributed by atoms with van der Waals surface area (Å²) in [6, 6.07) is 14.4. The number of non-ortho nitro benzene ring substituents is 1. The van der Waals surface area contributed by atoms with E-state index in [1.165, 1.54) is 24.3 Å². The summed E-state index contributed by atoms with van der Waals surface area (Å²) in [5.74, 6) is -0.0618. The number of nitro groups is 1. The molecule has 1 amide bonds. The Morgan fingerprint density at radius 2 is 1.93 bits per heavy atom. The number of hydrogen-bond acceptors (Lipinski definition) is 5. The third kappa shape index (κ3) is 4.57. The second-order valence-corrected chi connectivity index (χ2v) is 6.95. The Kier molecular flexibility index (Phi) is 6.00. The highest BCUT2D eigenvalue weighted by Crippen LogP contribution is 2.33. The first-order valence-electron chi connectivity index (χ1n) is 8.83. The van der Waals surface area contributed by atoms with Gasteiger partial charge in [-0.3, -0.25) is 14.9 Å². The lowest BCUT2D eigenvalue weighted by molar-refractivity contribution is -0.384. The summed E-state index contributed by atoms with van der Waals surface area (Å²) >= 11 is 6.13. The third-order valence-corrected chi connectivity index (χ3v) is 4.80. The lowest BCUT2D eigenvalue weighted by atomic mass is 10.1. The van der Waals surface area contributed by atoms with Crippen molar-refractivity contribution in [1.29, 1.82) is 5.26 Å². The lowest BCUT2D eigenvalue weighted by Gasteiger charge is -2.06. The van der Waals surface area contributed by atoms with Crippen LogP contribution in [0.15, 0.2) is 58.5 Å². The molecule has 3 rings (SSSR count). The summed E-state index contributed by atoms with van der Waals surface area (Å²) in [6.07, 6.45) is 1.30. The first-order chi connectivity index (χ1) is 14.3. The number of rotatable bonds is 5. The van der Waals surface area contributed by atoms with Gasteiger partial charge in [-0.1, -0.05) is 17.7 Å². The van der Waals surface area contributed by atoms with Gasteiger partial charge in [0.05, 0.1) is 9.95 Å². The molecule has 8 heteroatoms. The summed E-state index contributed by atoms with van der Waals surface area (Å²) in [4.78, 5) is 22.9. The van der Waals surface area contributed by atoms with Crippen LogP contribution in [0.25, 0.3) is 17.4 Å². The maximum absolute atomic E-state index is 12.5. The van der Waals surface area contributed by atoms with Crippen LogP contribution in [0.5, 0.6) is 0 Å². The minimum absolute atomic E-state index is 0.131. The minimum Gasteiger partial charge on any atom is -0.457 e. The second kappa shape index (κ2) is 8.64. The molecule has 0 aliphatic rings. The number of nitrogens with one attached hydrogen (secondary N) is 1. The highest BCUT2D eigenvalue weighted by Gasteiger charge is 2.15. The SMILES string of the molecule is Cc1ccc(NC(=O)C(C#N)=Cc2ccc(-c3cc([N+](=O)[O-])ccc3Cl)o2)cc1C. The average molecular weight is 422 g/mol. The van der Waals surface area contributed by atoms with Gasteiger partial charge < -0.3 is 9.73 Å². The number of carbonyl (C=O) groups excluding carboxylic acids is 1. The van der Waals surface area contributed by atoms with Crippen LogP contribution in [0.2, 0.25) is 5.02 Å². The normalized spacial score (nSPS) is 11.1. The number of halogens is 1. The molecule has 0 radical (unpaired) electrons. The average Bonchev–Trinajstić information content (AvgIpc) is 3.17. The predicted octanol–water partition coefficient (Wildman–Crippen LogP) is 5.67. The van der Waals surface area contributed by atoms with E-state index in [1.807, 2.05) is 32.0 Å². The third-order valence-electron chi connectivity index (χ3n) is 4.47. The van der Waals surface area contributed by atoms with Crippen molar-refractivity contribution in [3.63, 3.8) is 0 Å². The van der Waals surface area contributed by atoms with Crippen molar-refractivity contribution >= 4 is 35.0 Å². The number of nitriles is 1. The van der Waals surface area contributed by atoms with Crippen LogP contribution in [-0.2, 0) is 4.79 Å². The van der Waals surface area contributed by atoms with Crippen LogP contribution in [0.4, 0.5) is 11.4 Å². The van der Waals surface area contributed by atoms with Crippen LogP contribution < -0.4 is 5.32 Å². The lowest BCUT2D eigenvalue weighted by Crippen LogP contribution is -2.13.